The van der Waals surface area contributed by atoms with Gasteiger partial charge in [0.1, 0.15) is 0 Å². The van der Waals surface area contributed by atoms with Crippen LogP contribution in [0, 0.1) is 6.92 Å². The van der Waals surface area contributed by atoms with Crippen LogP contribution in [0.15, 0.2) is 108 Å². The molecule has 43 heavy (non-hydrogen) atoms. The third kappa shape index (κ3) is 12.9. The molecule has 4 aromatic carbocycles. The summed E-state index contributed by atoms with van der Waals surface area (Å²) in [5.41, 5.74) is 18.9. The topological polar surface area (TPSA) is 107 Å². The third-order valence-electron chi connectivity index (χ3n) is 6.23. The minimum Gasteiger partial charge on any atom is -0.768 e. The van der Waals surface area contributed by atoms with E-state index in [4.69, 9.17) is 11.5 Å². The standard InChI is InChI=1S/C21H20N2O3S.C10H14.BF4.Ru/c22-20(15-9-5-2-6-10-15)19(14-7-3-1-4-8-14)17-13-16(21(23)24)11-12-18(17)27(25)26;1-8(2)10-6-4-9(3)5-7-10;2-1(3,4)5;/h1-13,19-20H,22H2,(H3,23,24,25,26);4-8H,1-3H3;;/q;;-1;+2/p-2/t19-,20+;;;/m1.../s1. The number of nitrogens with two attached hydrogens (primary N) is 1. The van der Waals surface area contributed by atoms with Gasteiger partial charge in [-0.05, 0) is 63.9 Å². The molecule has 0 aliphatic heterocycles. The van der Waals surface area contributed by atoms with Gasteiger partial charge in [0.05, 0.1) is 5.91 Å². The summed E-state index contributed by atoms with van der Waals surface area (Å²) in [6.45, 7) is 6.54. The SMILES string of the molecule is Cc1ccc(C(C)C)cc1.F[B-](F)(F)F.[NH-]C(=O)c1ccc(S(=O)[O-])c([C@@H](c2ccccc2)[C@@H](N)c2ccccc2)c1.[Ru+2]. The fourth-order valence-corrected chi connectivity index (χ4v) is 4.70. The molecule has 4 rings (SSSR count). The van der Waals surface area contributed by atoms with E-state index >= 15 is 0 Å². The van der Waals surface area contributed by atoms with Crippen molar-refractivity contribution in [1.29, 1.82) is 0 Å². The molecule has 0 radical (unpaired) electrons. The third-order valence-corrected chi connectivity index (χ3v) is 6.96. The van der Waals surface area contributed by atoms with E-state index in [0.29, 0.717) is 11.5 Å². The van der Waals surface area contributed by atoms with Crippen LogP contribution >= 0.6 is 0 Å². The Kier molecular flexibility index (Phi) is 15.7. The maximum Gasteiger partial charge on any atom is 2.00 e. The number of nitrogens with one attached hydrogen (secondary N) is 1. The molecule has 3 atom stereocenters. The van der Waals surface area contributed by atoms with E-state index < -0.39 is 36.2 Å². The molecular formula is C31H32BF4N2O3RuS-. The molecule has 0 aliphatic carbocycles. The first-order valence-corrected chi connectivity index (χ1v) is 14.0. The van der Waals surface area contributed by atoms with Crippen LogP contribution in [0.5, 0.6) is 0 Å². The van der Waals surface area contributed by atoms with Crippen molar-refractivity contribution in [2.45, 2.75) is 43.5 Å². The summed E-state index contributed by atoms with van der Waals surface area (Å²) in [6, 6.07) is 31.0. The van der Waals surface area contributed by atoms with Crippen molar-refractivity contribution < 1.29 is 50.3 Å². The quantitative estimate of drug-likeness (QED) is 0.119. The first-order valence-electron chi connectivity index (χ1n) is 13.0. The number of amides is 1. The van der Waals surface area contributed by atoms with Crippen LogP contribution in [0.1, 0.15) is 69.9 Å². The molecule has 4 aromatic rings. The zero-order valence-electron chi connectivity index (χ0n) is 23.7. The van der Waals surface area contributed by atoms with Gasteiger partial charge < -0.3 is 38.1 Å². The Hall–Kier alpha value is -3.17. The molecule has 0 fully saturated rings. The molecule has 0 aromatic heterocycles. The van der Waals surface area contributed by atoms with Crippen LogP contribution in [0.25, 0.3) is 5.73 Å². The number of halogens is 4. The van der Waals surface area contributed by atoms with Crippen molar-refractivity contribution in [3.63, 3.8) is 0 Å². The van der Waals surface area contributed by atoms with Crippen molar-refractivity contribution in [3.05, 3.63) is 142 Å². The summed E-state index contributed by atoms with van der Waals surface area (Å²) >= 11 is -2.51. The molecule has 0 spiro atoms. The molecule has 230 valence electrons. The summed E-state index contributed by atoms with van der Waals surface area (Å²) < 4.78 is 62.7. The minimum atomic E-state index is -6.00. The predicted molar refractivity (Wildman–Crippen MR) is 159 cm³/mol. The number of aryl methyl sites for hydroxylation is 1. The van der Waals surface area contributed by atoms with E-state index in [1.54, 1.807) is 0 Å². The van der Waals surface area contributed by atoms with Crippen molar-refractivity contribution in [2.75, 3.05) is 0 Å². The Morgan fingerprint density at radius 2 is 1.28 bits per heavy atom. The van der Waals surface area contributed by atoms with Gasteiger partial charge in [0.15, 0.2) is 0 Å². The zero-order chi connectivity index (χ0) is 31.4. The Morgan fingerprint density at radius 1 is 0.814 bits per heavy atom. The van der Waals surface area contributed by atoms with Crippen LogP contribution in [-0.4, -0.2) is 21.9 Å². The van der Waals surface area contributed by atoms with Crippen LogP contribution < -0.4 is 5.73 Å². The number of carbonyl (C=O) groups excluding carboxylic acids is 1. The summed E-state index contributed by atoms with van der Waals surface area (Å²) in [4.78, 5) is 11.6. The molecule has 0 heterocycles. The largest absolute Gasteiger partial charge is 2.00 e. The number of hydrogen-bond acceptors (Lipinski definition) is 4. The van der Waals surface area contributed by atoms with E-state index in [2.05, 4.69) is 45.0 Å². The van der Waals surface area contributed by atoms with Crippen LogP contribution in [0.3, 0.4) is 0 Å². The van der Waals surface area contributed by atoms with Crippen molar-refractivity contribution >= 4 is 24.2 Å². The molecule has 1 amide bonds. The average molecular weight is 701 g/mol. The van der Waals surface area contributed by atoms with Crippen molar-refractivity contribution in [1.82, 2.24) is 0 Å². The van der Waals surface area contributed by atoms with Gasteiger partial charge in [0, 0.05) is 16.9 Å². The van der Waals surface area contributed by atoms with Gasteiger partial charge in [-0.25, -0.2) is 0 Å². The van der Waals surface area contributed by atoms with E-state index in [1.807, 2.05) is 60.7 Å². The van der Waals surface area contributed by atoms with E-state index in [-0.39, 0.29) is 29.9 Å². The molecule has 5 nitrogen and oxygen atoms in total. The second-order valence-corrected chi connectivity index (χ2v) is 10.6. The van der Waals surface area contributed by atoms with Gasteiger partial charge in [0.25, 0.3) is 0 Å². The van der Waals surface area contributed by atoms with E-state index in [1.165, 1.54) is 29.3 Å². The summed E-state index contributed by atoms with van der Waals surface area (Å²) in [5.74, 6) is -0.721. The molecule has 0 saturated carbocycles. The van der Waals surface area contributed by atoms with Gasteiger partial charge in [-0.3, -0.25) is 4.21 Å². The maximum absolute atomic E-state index is 11.8. The fraction of sp³-hybridized carbons (Fsp3) is 0.194. The van der Waals surface area contributed by atoms with Gasteiger partial charge >= 0.3 is 26.7 Å². The molecule has 3 N–H and O–H groups in total. The Morgan fingerprint density at radius 3 is 1.70 bits per heavy atom. The second-order valence-electron chi connectivity index (χ2n) is 9.70. The second kappa shape index (κ2) is 17.8. The van der Waals surface area contributed by atoms with Gasteiger partial charge in [-0.1, -0.05) is 110 Å². The predicted octanol–water partition coefficient (Wildman–Crippen LogP) is 8.36. The molecule has 0 aliphatic rings. The zero-order valence-corrected chi connectivity index (χ0v) is 26.3. The molecular weight excluding hydrogens is 668 g/mol. The molecule has 1 unspecified atom stereocenters. The Labute approximate surface area is 265 Å². The molecule has 0 bridgehead atoms. The number of carbonyl (C=O) groups is 1. The number of benzene rings is 4. The van der Waals surface area contributed by atoms with Crippen LogP contribution in [0.4, 0.5) is 17.3 Å². The summed E-state index contributed by atoms with van der Waals surface area (Å²) in [6.07, 6.45) is 0. The Bertz CT molecular complexity index is 1440. The van der Waals surface area contributed by atoms with Crippen molar-refractivity contribution in [2.24, 2.45) is 5.73 Å². The summed E-state index contributed by atoms with van der Waals surface area (Å²) in [5, 5.41) is 0. The smallest absolute Gasteiger partial charge is 0.768 e. The molecule has 0 saturated heterocycles. The van der Waals surface area contributed by atoms with Gasteiger partial charge in [0.2, 0.25) is 0 Å². The Balaban J connectivity index is 0.000000477. The van der Waals surface area contributed by atoms with Crippen LogP contribution in [-0.2, 0) is 30.6 Å². The van der Waals surface area contributed by atoms with Crippen LogP contribution in [0.2, 0.25) is 0 Å². The number of rotatable bonds is 7. The average Bonchev–Trinajstić information content (AvgIpc) is 2.93. The monoisotopic (exact) mass is 701 g/mol. The maximum atomic E-state index is 11.8. The van der Waals surface area contributed by atoms with E-state index in [9.17, 15) is 30.8 Å². The van der Waals surface area contributed by atoms with Gasteiger partial charge in [-0.15, -0.1) is 0 Å². The fourth-order valence-electron chi connectivity index (χ4n) is 4.14. The number of hydrogen-bond donors (Lipinski definition) is 1. The van der Waals surface area contributed by atoms with Gasteiger partial charge in [-0.2, -0.15) is 0 Å². The van der Waals surface area contributed by atoms with E-state index in [0.717, 1.165) is 11.1 Å². The normalized spacial score (nSPS) is 12.8. The first kappa shape index (κ1) is 37.9. The van der Waals surface area contributed by atoms with Crippen molar-refractivity contribution in [3.8, 4) is 0 Å². The molecule has 12 heteroatoms. The summed E-state index contributed by atoms with van der Waals surface area (Å²) in [7, 11) is -6.00. The first-order chi connectivity index (χ1) is 19.7. The minimum absolute atomic E-state index is 0.